The number of fused-ring (bicyclic) bond motifs is 1. The van der Waals surface area contributed by atoms with E-state index in [0.717, 1.165) is 5.76 Å². The Morgan fingerprint density at radius 3 is 2.19 bits per heavy atom. The maximum atomic E-state index is 6.31. The third-order valence-electron chi connectivity index (χ3n) is 4.63. The number of allylic oxidation sites excluding steroid dienone is 5. The highest BCUT2D eigenvalue weighted by molar-refractivity contribution is 5.53. The summed E-state index contributed by atoms with van der Waals surface area (Å²) in [5.74, 6) is 1.57. The molecule has 0 spiro atoms. The summed E-state index contributed by atoms with van der Waals surface area (Å²) in [5, 5.41) is 0. The molecule has 1 atom stereocenters. The zero-order valence-corrected chi connectivity index (χ0v) is 14.9. The van der Waals surface area contributed by atoms with Gasteiger partial charge in [-0.05, 0) is 42.9 Å². The monoisotopic (exact) mass is 286 g/mol. The van der Waals surface area contributed by atoms with E-state index >= 15 is 0 Å². The number of ether oxygens (including phenoxy) is 1. The van der Waals surface area contributed by atoms with Crippen LogP contribution in [-0.2, 0) is 4.74 Å². The molecule has 1 heterocycles. The summed E-state index contributed by atoms with van der Waals surface area (Å²) < 4.78 is 6.31. The first-order valence-corrected chi connectivity index (χ1v) is 8.00. The van der Waals surface area contributed by atoms with E-state index in [-0.39, 0.29) is 16.4 Å². The van der Waals surface area contributed by atoms with Gasteiger partial charge < -0.3 is 4.74 Å². The Kier molecular flexibility index (Phi) is 3.76. The van der Waals surface area contributed by atoms with Gasteiger partial charge in [-0.15, -0.1) is 0 Å². The van der Waals surface area contributed by atoms with Gasteiger partial charge in [0.2, 0.25) is 0 Å². The van der Waals surface area contributed by atoms with Gasteiger partial charge in [-0.3, -0.25) is 0 Å². The summed E-state index contributed by atoms with van der Waals surface area (Å²) in [6.07, 6.45) is 11.3. The van der Waals surface area contributed by atoms with Crippen LogP contribution in [0.15, 0.2) is 47.3 Å². The predicted octanol–water partition coefficient (Wildman–Crippen LogP) is 5.81. The Morgan fingerprint density at radius 2 is 1.67 bits per heavy atom. The minimum Gasteiger partial charge on any atom is -0.483 e. The zero-order chi connectivity index (χ0) is 16.1. The predicted molar refractivity (Wildman–Crippen MR) is 91.0 cm³/mol. The molecular formula is C20H30O. The third kappa shape index (κ3) is 3.17. The van der Waals surface area contributed by atoms with Crippen molar-refractivity contribution in [2.45, 2.75) is 61.0 Å². The van der Waals surface area contributed by atoms with E-state index in [1.807, 2.05) is 0 Å². The summed E-state index contributed by atoms with van der Waals surface area (Å²) in [7, 11) is 0. The van der Waals surface area contributed by atoms with Crippen LogP contribution < -0.4 is 0 Å². The second-order valence-corrected chi connectivity index (χ2v) is 8.48. The lowest BCUT2D eigenvalue weighted by atomic mass is 9.75. The van der Waals surface area contributed by atoms with Gasteiger partial charge in [-0.25, -0.2) is 0 Å². The van der Waals surface area contributed by atoms with Crippen molar-refractivity contribution in [3.05, 3.63) is 47.3 Å². The number of rotatable bonds is 1. The van der Waals surface area contributed by atoms with Gasteiger partial charge in [0, 0.05) is 11.0 Å². The van der Waals surface area contributed by atoms with Crippen LogP contribution in [0.5, 0.6) is 0 Å². The highest BCUT2D eigenvalue weighted by Gasteiger charge is 2.36. The largest absolute Gasteiger partial charge is 0.483 e. The molecule has 21 heavy (non-hydrogen) atoms. The molecule has 0 aromatic carbocycles. The van der Waals surface area contributed by atoms with Crippen molar-refractivity contribution >= 4 is 0 Å². The lowest BCUT2D eigenvalue weighted by molar-refractivity contribution is 0.0720. The van der Waals surface area contributed by atoms with Crippen molar-refractivity contribution < 1.29 is 4.74 Å². The first-order chi connectivity index (χ1) is 9.45. The second-order valence-electron chi connectivity index (χ2n) is 8.48. The Morgan fingerprint density at radius 1 is 1.05 bits per heavy atom. The van der Waals surface area contributed by atoms with Crippen molar-refractivity contribution in [1.82, 2.24) is 0 Å². The first-order valence-electron chi connectivity index (χ1n) is 8.00. The molecule has 1 aliphatic heterocycles. The molecule has 0 unspecified atom stereocenters. The maximum absolute atomic E-state index is 6.31. The molecule has 0 amide bonds. The fourth-order valence-corrected chi connectivity index (χ4v) is 2.87. The molecule has 0 fully saturated rings. The molecule has 0 N–H and O–H groups in total. The minimum atomic E-state index is -0.256. The van der Waals surface area contributed by atoms with Crippen molar-refractivity contribution in [3.8, 4) is 0 Å². The zero-order valence-electron chi connectivity index (χ0n) is 14.9. The normalized spacial score (nSPS) is 28.1. The van der Waals surface area contributed by atoms with E-state index in [2.05, 4.69) is 85.8 Å². The summed E-state index contributed by atoms with van der Waals surface area (Å²) >= 11 is 0. The molecule has 2 aliphatic rings. The van der Waals surface area contributed by atoms with E-state index in [1.54, 1.807) is 0 Å². The molecule has 0 aromatic heterocycles. The Hall–Kier alpha value is -1.24. The highest BCUT2D eigenvalue weighted by Crippen LogP contribution is 2.45. The molecule has 1 aliphatic carbocycles. The topological polar surface area (TPSA) is 9.23 Å². The fourth-order valence-electron chi connectivity index (χ4n) is 2.87. The second kappa shape index (κ2) is 4.90. The summed E-state index contributed by atoms with van der Waals surface area (Å²) in [6.45, 7) is 17.9. The molecule has 0 bridgehead atoms. The summed E-state index contributed by atoms with van der Waals surface area (Å²) in [5.41, 5.74) is 2.50. The minimum absolute atomic E-state index is 0.0317. The maximum Gasteiger partial charge on any atom is 0.125 e. The SMILES string of the molecule is CC(C)[C@]1(C)C=CC=C2C(=C1)OC(C)(C)C=C2C(C)(C)C. The van der Waals surface area contributed by atoms with Gasteiger partial charge in [0.15, 0.2) is 0 Å². The van der Waals surface area contributed by atoms with Crippen molar-refractivity contribution in [2.75, 3.05) is 0 Å². The molecule has 1 nitrogen and oxygen atoms in total. The van der Waals surface area contributed by atoms with E-state index in [1.165, 1.54) is 11.1 Å². The standard InChI is InChI=1S/C20H30O/c1-14(2)20(8)11-9-10-15-16(18(3,4)5)12-19(6,7)21-17(15)13-20/h9-14H,1-8H3/t20-/m1/s1. The summed E-state index contributed by atoms with van der Waals surface area (Å²) in [4.78, 5) is 0. The van der Waals surface area contributed by atoms with Gasteiger partial charge in [-0.1, -0.05) is 59.8 Å². The smallest absolute Gasteiger partial charge is 0.125 e. The summed E-state index contributed by atoms with van der Waals surface area (Å²) in [6, 6.07) is 0. The third-order valence-corrected chi connectivity index (χ3v) is 4.63. The molecule has 2 rings (SSSR count). The van der Waals surface area contributed by atoms with Crippen molar-refractivity contribution in [3.63, 3.8) is 0 Å². The molecule has 0 radical (unpaired) electrons. The number of hydrogen-bond donors (Lipinski definition) is 0. The Labute approximate surface area is 130 Å². The van der Waals surface area contributed by atoms with Crippen molar-refractivity contribution in [2.24, 2.45) is 16.7 Å². The quantitative estimate of drug-likeness (QED) is 0.591. The lowest BCUT2D eigenvalue weighted by Gasteiger charge is -2.39. The van der Waals surface area contributed by atoms with Gasteiger partial charge in [0.05, 0.1) is 0 Å². The van der Waals surface area contributed by atoms with Gasteiger partial charge in [0.25, 0.3) is 0 Å². The van der Waals surface area contributed by atoms with Crippen LogP contribution in [0.25, 0.3) is 0 Å². The van der Waals surface area contributed by atoms with E-state index in [4.69, 9.17) is 4.74 Å². The van der Waals surface area contributed by atoms with Crippen molar-refractivity contribution in [1.29, 1.82) is 0 Å². The molecule has 0 saturated carbocycles. The molecular weight excluding hydrogens is 256 g/mol. The van der Waals surface area contributed by atoms with Gasteiger partial charge >= 0.3 is 0 Å². The van der Waals surface area contributed by atoms with Crippen LogP contribution >= 0.6 is 0 Å². The van der Waals surface area contributed by atoms with Crippen LogP contribution in [0.3, 0.4) is 0 Å². The first kappa shape index (κ1) is 16.1. The highest BCUT2D eigenvalue weighted by atomic mass is 16.5. The average Bonchev–Trinajstić information content (AvgIpc) is 2.44. The van der Waals surface area contributed by atoms with Gasteiger partial charge in [-0.2, -0.15) is 0 Å². The van der Waals surface area contributed by atoms with E-state index in [9.17, 15) is 0 Å². The Balaban J connectivity index is 2.60. The lowest BCUT2D eigenvalue weighted by Crippen LogP contribution is -2.31. The van der Waals surface area contributed by atoms with E-state index in [0.29, 0.717) is 5.92 Å². The van der Waals surface area contributed by atoms with Gasteiger partial charge in [0.1, 0.15) is 11.4 Å². The molecule has 1 heteroatoms. The molecule has 116 valence electrons. The van der Waals surface area contributed by atoms with Crippen LogP contribution in [0.2, 0.25) is 0 Å². The van der Waals surface area contributed by atoms with Crippen LogP contribution in [0.4, 0.5) is 0 Å². The fraction of sp³-hybridized carbons (Fsp3) is 0.600. The average molecular weight is 286 g/mol. The number of hydrogen-bond acceptors (Lipinski definition) is 1. The van der Waals surface area contributed by atoms with Crippen LogP contribution in [0.1, 0.15) is 55.4 Å². The van der Waals surface area contributed by atoms with Crippen LogP contribution in [-0.4, -0.2) is 5.60 Å². The van der Waals surface area contributed by atoms with E-state index < -0.39 is 0 Å². The van der Waals surface area contributed by atoms with Crippen LogP contribution in [0, 0.1) is 16.7 Å². The Bertz CT molecular complexity index is 547. The molecule has 0 saturated heterocycles. The molecule has 0 aromatic rings.